The second-order valence-electron chi connectivity index (χ2n) is 8.03. The number of hydrogen-bond donors (Lipinski definition) is 2. The standard InChI is InChI=1S/C22H32O4/c1-3-4-7-15(2)10-11-19(23)22-18-13-16(8-5-6-9-21(25)26)12-17(18)14-20(22)24/h12,15,17-18,20,22,24H,5-11,13-14H2,1-2H3,(H,25,26)/t15?,17-,18-,20+,22-/m1/s1. The molecule has 0 aromatic rings. The van der Waals surface area contributed by atoms with Crippen molar-refractivity contribution in [3.05, 3.63) is 11.6 Å². The molecule has 1 saturated carbocycles. The van der Waals surface area contributed by atoms with E-state index in [4.69, 9.17) is 5.11 Å². The number of carbonyl (C=O) groups excluding carboxylic acids is 1. The van der Waals surface area contributed by atoms with Crippen LogP contribution in [0.5, 0.6) is 0 Å². The van der Waals surface area contributed by atoms with Gasteiger partial charge in [0.1, 0.15) is 5.78 Å². The molecule has 4 heteroatoms. The summed E-state index contributed by atoms with van der Waals surface area (Å²) < 4.78 is 0. The number of carboxylic acids is 1. The number of carboxylic acid groups (broad SMARTS) is 1. The lowest BCUT2D eigenvalue weighted by Crippen LogP contribution is -2.28. The summed E-state index contributed by atoms with van der Waals surface area (Å²) >= 11 is 0. The van der Waals surface area contributed by atoms with E-state index < -0.39 is 12.1 Å². The van der Waals surface area contributed by atoms with Gasteiger partial charge < -0.3 is 10.2 Å². The van der Waals surface area contributed by atoms with Gasteiger partial charge >= 0.3 is 5.97 Å². The summed E-state index contributed by atoms with van der Waals surface area (Å²) in [7, 11) is 0. The van der Waals surface area contributed by atoms with Crippen molar-refractivity contribution in [1.29, 1.82) is 0 Å². The second kappa shape index (κ2) is 9.92. The normalized spacial score (nSPS) is 28.0. The molecule has 2 aliphatic rings. The van der Waals surface area contributed by atoms with Crippen LogP contribution in [0, 0.1) is 35.5 Å². The monoisotopic (exact) mass is 360 g/mol. The van der Waals surface area contributed by atoms with Crippen LogP contribution in [0.25, 0.3) is 0 Å². The minimum atomic E-state index is -0.741. The fourth-order valence-electron chi connectivity index (χ4n) is 4.50. The van der Waals surface area contributed by atoms with Crippen LogP contribution < -0.4 is 0 Å². The summed E-state index contributed by atoms with van der Waals surface area (Å²) in [4.78, 5) is 23.3. The van der Waals surface area contributed by atoms with Gasteiger partial charge in [-0.2, -0.15) is 0 Å². The quantitative estimate of drug-likeness (QED) is 0.351. The van der Waals surface area contributed by atoms with Gasteiger partial charge in [0.15, 0.2) is 0 Å². The van der Waals surface area contributed by atoms with E-state index in [0.717, 1.165) is 32.1 Å². The molecule has 0 aliphatic heterocycles. The maximum atomic E-state index is 12.7. The molecule has 1 fully saturated rings. The Kier molecular flexibility index (Phi) is 7.90. The smallest absolute Gasteiger partial charge is 0.303 e. The third-order valence-corrected chi connectivity index (χ3v) is 5.91. The molecule has 2 rings (SSSR count). The number of ketones is 1. The van der Waals surface area contributed by atoms with E-state index in [2.05, 4.69) is 24.8 Å². The third kappa shape index (κ3) is 5.71. The molecule has 0 spiro atoms. The third-order valence-electron chi connectivity index (χ3n) is 5.91. The van der Waals surface area contributed by atoms with E-state index in [1.807, 2.05) is 6.92 Å². The zero-order valence-corrected chi connectivity index (χ0v) is 16.0. The van der Waals surface area contributed by atoms with Crippen molar-refractivity contribution in [2.75, 3.05) is 0 Å². The Hall–Kier alpha value is -1.60. The van der Waals surface area contributed by atoms with Crippen molar-refractivity contribution in [2.24, 2.45) is 23.7 Å². The number of unbranched alkanes of at least 4 members (excludes halogenated alkanes) is 1. The van der Waals surface area contributed by atoms with Crippen LogP contribution >= 0.6 is 0 Å². The van der Waals surface area contributed by atoms with Gasteiger partial charge in [-0.05, 0) is 63.2 Å². The van der Waals surface area contributed by atoms with Gasteiger partial charge in [-0.3, -0.25) is 9.59 Å². The number of aliphatic hydroxyl groups is 1. The van der Waals surface area contributed by atoms with E-state index in [9.17, 15) is 14.7 Å². The molecular weight excluding hydrogens is 328 g/mol. The fraction of sp³-hybridized carbons (Fsp3) is 0.727. The predicted molar refractivity (Wildman–Crippen MR) is 101 cm³/mol. The number of Topliss-reactive ketones (excluding diaryl/α,β-unsaturated/α-hetero) is 1. The molecular formula is C22H32O4. The topological polar surface area (TPSA) is 74.6 Å². The lowest BCUT2D eigenvalue weighted by Gasteiger charge is -2.21. The molecule has 26 heavy (non-hydrogen) atoms. The minimum Gasteiger partial charge on any atom is -0.481 e. The first-order valence-corrected chi connectivity index (χ1v) is 9.94. The first-order chi connectivity index (χ1) is 12.4. The highest BCUT2D eigenvalue weighted by Gasteiger charge is 2.47. The number of fused-ring (bicyclic) bond motifs is 1. The van der Waals surface area contributed by atoms with Crippen LogP contribution in [0.15, 0.2) is 11.6 Å². The highest BCUT2D eigenvalue weighted by atomic mass is 16.4. The van der Waals surface area contributed by atoms with Gasteiger partial charge in [0.05, 0.1) is 6.10 Å². The molecule has 2 aliphatic carbocycles. The zero-order chi connectivity index (χ0) is 19.1. The number of hydrogen-bond acceptors (Lipinski definition) is 3. The van der Waals surface area contributed by atoms with Crippen LogP contribution in [-0.2, 0) is 9.59 Å². The molecule has 0 radical (unpaired) electrons. The minimum absolute atomic E-state index is 0.210. The lowest BCUT2D eigenvalue weighted by atomic mass is 9.83. The highest BCUT2D eigenvalue weighted by molar-refractivity contribution is 5.82. The molecule has 0 aromatic carbocycles. The molecule has 4 nitrogen and oxygen atoms in total. The maximum absolute atomic E-state index is 12.7. The highest BCUT2D eigenvalue weighted by Crippen LogP contribution is 2.48. The molecule has 0 heterocycles. The maximum Gasteiger partial charge on any atom is 0.303 e. The molecule has 1 unspecified atom stereocenters. The molecule has 2 N–H and O–H groups in total. The van der Waals surface area contributed by atoms with Crippen LogP contribution in [-0.4, -0.2) is 28.1 Å². The Bertz CT molecular complexity index is 595. The molecule has 0 bridgehead atoms. The predicted octanol–water partition coefficient (Wildman–Crippen LogP) is 3.97. The van der Waals surface area contributed by atoms with Crippen LogP contribution in [0.4, 0.5) is 0 Å². The molecule has 0 saturated heterocycles. The van der Waals surface area contributed by atoms with Crippen molar-refractivity contribution in [3.8, 4) is 11.8 Å². The van der Waals surface area contributed by atoms with Crippen molar-refractivity contribution >= 4 is 11.8 Å². The Morgan fingerprint density at radius 3 is 2.77 bits per heavy atom. The van der Waals surface area contributed by atoms with Gasteiger partial charge in [-0.15, -0.1) is 11.8 Å². The van der Waals surface area contributed by atoms with E-state index in [-0.39, 0.29) is 24.0 Å². The average Bonchev–Trinajstić information content (AvgIpc) is 3.10. The Balaban J connectivity index is 1.81. The van der Waals surface area contributed by atoms with Gasteiger partial charge in [-0.1, -0.05) is 18.6 Å². The van der Waals surface area contributed by atoms with E-state index in [0.29, 0.717) is 31.1 Å². The van der Waals surface area contributed by atoms with E-state index >= 15 is 0 Å². The van der Waals surface area contributed by atoms with Crippen LogP contribution in [0.3, 0.4) is 0 Å². The van der Waals surface area contributed by atoms with Gasteiger partial charge in [0.2, 0.25) is 0 Å². The molecule has 0 aromatic heterocycles. The summed E-state index contributed by atoms with van der Waals surface area (Å²) in [6, 6.07) is 0. The van der Waals surface area contributed by atoms with Gasteiger partial charge in [0, 0.05) is 25.2 Å². The summed E-state index contributed by atoms with van der Waals surface area (Å²) in [5.41, 5.74) is 1.35. The Morgan fingerprint density at radius 2 is 2.08 bits per heavy atom. The SMILES string of the molecule is CC#CCC(C)CCC(=O)[C@H]1[C@@H]2CC(CCCCC(=O)O)=C[C@@H]2C[C@@H]1O. The largest absolute Gasteiger partial charge is 0.481 e. The number of allylic oxidation sites excluding steroid dienone is 2. The zero-order valence-electron chi connectivity index (χ0n) is 16.0. The number of carbonyl (C=O) groups is 2. The summed E-state index contributed by atoms with van der Waals surface area (Å²) in [6.45, 7) is 3.96. The summed E-state index contributed by atoms with van der Waals surface area (Å²) in [6.07, 6.45) is 8.25. The van der Waals surface area contributed by atoms with Crippen molar-refractivity contribution < 1.29 is 19.8 Å². The first kappa shape index (κ1) is 20.7. The number of aliphatic carboxylic acids is 1. The Labute approximate surface area is 157 Å². The van der Waals surface area contributed by atoms with Gasteiger partial charge in [0.25, 0.3) is 0 Å². The van der Waals surface area contributed by atoms with Gasteiger partial charge in [-0.25, -0.2) is 0 Å². The number of rotatable bonds is 10. The van der Waals surface area contributed by atoms with Crippen molar-refractivity contribution in [2.45, 2.75) is 77.7 Å². The van der Waals surface area contributed by atoms with E-state index in [1.54, 1.807) is 0 Å². The van der Waals surface area contributed by atoms with E-state index in [1.165, 1.54) is 5.57 Å². The Morgan fingerprint density at radius 1 is 1.31 bits per heavy atom. The fourth-order valence-corrected chi connectivity index (χ4v) is 4.50. The molecule has 0 amide bonds. The number of aliphatic hydroxyl groups excluding tert-OH is 1. The van der Waals surface area contributed by atoms with Crippen LogP contribution in [0.1, 0.15) is 71.6 Å². The average molecular weight is 360 g/mol. The summed E-state index contributed by atoms with van der Waals surface area (Å²) in [5, 5.41) is 19.1. The summed E-state index contributed by atoms with van der Waals surface area (Å²) in [5.74, 6) is 6.18. The molecule has 144 valence electrons. The molecule has 5 atom stereocenters. The first-order valence-electron chi connectivity index (χ1n) is 9.94. The van der Waals surface area contributed by atoms with Crippen LogP contribution in [0.2, 0.25) is 0 Å². The lowest BCUT2D eigenvalue weighted by molar-refractivity contribution is -0.137. The van der Waals surface area contributed by atoms with Crippen molar-refractivity contribution in [1.82, 2.24) is 0 Å². The second-order valence-corrected chi connectivity index (χ2v) is 8.03. The van der Waals surface area contributed by atoms with Crippen molar-refractivity contribution in [3.63, 3.8) is 0 Å².